The van der Waals surface area contributed by atoms with E-state index in [1.54, 1.807) is 6.20 Å². The summed E-state index contributed by atoms with van der Waals surface area (Å²) in [5.74, 6) is 0.0148. The zero-order valence-corrected chi connectivity index (χ0v) is 13.1. The van der Waals surface area contributed by atoms with Crippen LogP contribution in [0.5, 0.6) is 0 Å². The van der Waals surface area contributed by atoms with Crippen molar-refractivity contribution in [2.24, 2.45) is 0 Å². The molecule has 2 N–H and O–H groups in total. The lowest BCUT2D eigenvalue weighted by molar-refractivity contribution is -0.126. The Balaban J connectivity index is 1.88. The van der Waals surface area contributed by atoms with Crippen molar-refractivity contribution < 1.29 is 4.79 Å². The van der Waals surface area contributed by atoms with Gasteiger partial charge in [0.15, 0.2) is 0 Å². The number of hydrogen-bond acceptors (Lipinski definition) is 3. The summed E-state index contributed by atoms with van der Waals surface area (Å²) in [5.41, 5.74) is 2.64. The van der Waals surface area contributed by atoms with Gasteiger partial charge in [0, 0.05) is 18.1 Å². The molecular formula is C17H22N4O. The summed E-state index contributed by atoms with van der Waals surface area (Å²) in [4.78, 5) is 13.0. The highest BCUT2D eigenvalue weighted by Gasteiger charge is 2.42. The maximum atomic E-state index is 13.0. The van der Waals surface area contributed by atoms with Crippen LogP contribution in [-0.2, 0) is 10.3 Å². The van der Waals surface area contributed by atoms with Crippen molar-refractivity contribution in [2.45, 2.75) is 32.2 Å². The normalized spacial score (nSPS) is 17.2. The number of anilines is 1. The SMILES string of the molecule is Cc1ccc(NC(=O)C2(n3cccn3)CCNCC2)cc1C. The van der Waals surface area contributed by atoms with Gasteiger partial charge in [0.25, 0.3) is 5.91 Å². The molecule has 3 rings (SSSR count). The molecule has 0 bridgehead atoms. The standard InChI is InChI=1S/C17H22N4O/c1-13-4-5-15(12-14(13)2)20-16(22)17(6-9-18-10-7-17)21-11-3-8-19-21/h3-5,8,11-12,18H,6-7,9-10H2,1-2H3,(H,20,22). The van der Waals surface area contributed by atoms with Crippen LogP contribution in [0.2, 0.25) is 0 Å². The number of amides is 1. The van der Waals surface area contributed by atoms with Gasteiger partial charge in [-0.25, -0.2) is 0 Å². The quantitative estimate of drug-likeness (QED) is 0.913. The van der Waals surface area contributed by atoms with Gasteiger partial charge in [-0.3, -0.25) is 9.48 Å². The number of carbonyl (C=O) groups excluding carboxylic acids is 1. The second kappa shape index (κ2) is 5.93. The smallest absolute Gasteiger partial charge is 0.252 e. The van der Waals surface area contributed by atoms with Crippen LogP contribution < -0.4 is 10.6 Å². The summed E-state index contributed by atoms with van der Waals surface area (Å²) in [6.45, 7) is 5.76. The van der Waals surface area contributed by atoms with Crippen LogP contribution in [0.4, 0.5) is 5.69 Å². The number of piperidine rings is 1. The van der Waals surface area contributed by atoms with Gasteiger partial charge >= 0.3 is 0 Å². The molecule has 1 saturated heterocycles. The molecule has 0 unspecified atom stereocenters. The molecule has 116 valence electrons. The maximum Gasteiger partial charge on any atom is 0.252 e. The summed E-state index contributed by atoms with van der Waals surface area (Å²) >= 11 is 0. The van der Waals surface area contributed by atoms with Gasteiger partial charge in [0.1, 0.15) is 5.54 Å². The van der Waals surface area contributed by atoms with E-state index in [1.807, 2.05) is 35.1 Å². The van der Waals surface area contributed by atoms with Gasteiger partial charge in [0.2, 0.25) is 0 Å². The number of rotatable bonds is 3. The summed E-state index contributed by atoms with van der Waals surface area (Å²) < 4.78 is 1.81. The molecule has 5 nitrogen and oxygen atoms in total. The zero-order valence-electron chi connectivity index (χ0n) is 13.1. The van der Waals surface area contributed by atoms with Gasteiger partial charge in [0.05, 0.1) is 0 Å². The molecule has 0 saturated carbocycles. The van der Waals surface area contributed by atoms with Crippen LogP contribution in [0, 0.1) is 13.8 Å². The molecule has 1 amide bonds. The molecule has 2 heterocycles. The highest BCUT2D eigenvalue weighted by molar-refractivity contribution is 5.96. The van der Waals surface area contributed by atoms with Crippen LogP contribution in [0.15, 0.2) is 36.7 Å². The monoisotopic (exact) mass is 298 g/mol. The number of nitrogens with one attached hydrogen (secondary N) is 2. The van der Waals surface area contributed by atoms with Crippen LogP contribution in [0.3, 0.4) is 0 Å². The van der Waals surface area contributed by atoms with Crippen LogP contribution in [0.1, 0.15) is 24.0 Å². The molecule has 1 fully saturated rings. The van der Waals surface area contributed by atoms with E-state index in [0.29, 0.717) is 0 Å². The first-order valence-electron chi connectivity index (χ1n) is 7.71. The fraction of sp³-hybridized carbons (Fsp3) is 0.412. The molecule has 1 aliphatic heterocycles. The first kappa shape index (κ1) is 14.8. The van der Waals surface area contributed by atoms with Crippen LogP contribution in [0.25, 0.3) is 0 Å². The minimum Gasteiger partial charge on any atom is -0.324 e. The Kier molecular flexibility index (Phi) is 3.98. The number of hydrogen-bond donors (Lipinski definition) is 2. The van der Waals surface area contributed by atoms with E-state index in [0.717, 1.165) is 31.6 Å². The maximum absolute atomic E-state index is 13.0. The van der Waals surface area contributed by atoms with E-state index in [4.69, 9.17) is 0 Å². The van der Waals surface area contributed by atoms with Gasteiger partial charge in [-0.05, 0) is 69.1 Å². The zero-order chi connectivity index (χ0) is 15.6. The average Bonchev–Trinajstić information content (AvgIpc) is 3.06. The van der Waals surface area contributed by atoms with Crippen molar-refractivity contribution in [1.82, 2.24) is 15.1 Å². The third-order valence-electron chi connectivity index (χ3n) is 4.56. The van der Waals surface area contributed by atoms with Crippen LogP contribution in [-0.4, -0.2) is 28.8 Å². The number of aromatic nitrogens is 2. The van der Waals surface area contributed by atoms with Crippen molar-refractivity contribution in [1.29, 1.82) is 0 Å². The predicted molar refractivity (Wildman–Crippen MR) is 86.9 cm³/mol. The average molecular weight is 298 g/mol. The second-order valence-corrected chi connectivity index (χ2v) is 5.99. The Hall–Kier alpha value is -2.14. The molecular weight excluding hydrogens is 276 g/mol. The molecule has 0 atom stereocenters. The predicted octanol–water partition coefficient (Wildman–Crippen LogP) is 2.22. The lowest BCUT2D eigenvalue weighted by Gasteiger charge is -2.36. The van der Waals surface area contributed by atoms with Gasteiger partial charge in [-0.15, -0.1) is 0 Å². The van der Waals surface area contributed by atoms with E-state index in [1.165, 1.54) is 11.1 Å². The first-order chi connectivity index (χ1) is 10.6. The van der Waals surface area contributed by atoms with Crippen molar-refractivity contribution >= 4 is 11.6 Å². The molecule has 1 aromatic carbocycles. The van der Waals surface area contributed by atoms with E-state index in [2.05, 4.69) is 29.6 Å². The molecule has 0 spiro atoms. The Labute approximate surface area is 130 Å². The minimum atomic E-state index is -0.604. The largest absolute Gasteiger partial charge is 0.324 e. The van der Waals surface area contributed by atoms with Crippen molar-refractivity contribution in [3.8, 4) is 0 Å². The van der Waals surface area contributed by atoms with Crippen molar-refractivity contribution in [3.05, 3.63) is 47.8 Å². The van der Waals surface area contributed by atoms with Crippen molar-refractivity contribution in [2.75, 3.05) is 18.4 Å². The Morgan fingerprint density at radius 2 is 2.05 bits per heavy atom. The van der Waals surface area contributed by atoms with Crippen LogP contribution >= 0.6 is 0 Å². The fourth-order valence-electron chi connectivity index (χ4n) is 2.99. The summed E-state index contributed by atoms with van der Waals surface area (Å²) in [7, 11) is 0. The summed E-state index contributed by atoms with van der Waals surface area (Å²) in [5, 5.41) is 10.7. The van der Waals surface area contributed by atoms with Gasteiger partial charge < -0.3 is 10.6 Å². The fourth-order valence-corrected chi connectivity index (χ4v) is 2.99. The van der Waals surface area contributed by atoms with E-state index in [9.17, 15) is 4.79 Å². The first-order valence-corrected chi connectivity index (χ1v) is 7.71. The number of benzene rings is 1. The Morgan fingerprint density at radius 1 is 1.27 bits per heavy atom. The number of aryl methyl sites for hydroxylation is 2. The third-order valence-corrected chi connectivity index (χ3v) is 4.56. The number of carbonyl (C=O) groups is 1. The van der Waals surface area contributed by atoms with E-state index in [-0.39, 0.29) is 5.91 Å². The lowest BCUT2D eigenvalue weighted by Crippen LogP contribution is -2.52. The van der Waals surface area contributed by atoms with Crippen molar-refractivity contribution in [3.63, 3.8) is 0 Å². The molecule has 1 aliphatic rings. The second-order valence-electron chi connectivity index (χ2n) is 5.99. The summed E-state index contributed by atoms with van der Waals surface area (Å²) in [6.07, 6.45) is 5.09. The highest BCUT2D eigenvalue weighted by Crippen LogP contribution is 2.29. The van der Waals surface area contributed by atoms with E-state index >= 15 is 0 Å². The Bertz CT molecular complexity index is 657. The number of nitrogens with zero attached hydrogens (tertiary/aromatic N) is 2. The lowest BCUT2D eigenvalue weighted by atomic mass is 9.87. The Morgan fingerprint density at radius 3 is 2.68 bits per heavy atom. The van der Waals surface area contributed by atoms with E-state index < -0.39 is 5.54 Å². The van der Waals surface area contributed by atoms with Gasteiger partial charge in [-0.2, -0.15) is 5.10 Å². The molecule has 22 heavy (non-hydrogen) atoms. The minimum absolute atomic E-state index is 0.0148. The summed E-state index contributed by atoms with van der Waals surface area (Å²) in [6, 6.07) is 7.88. The molecule has 1 aromatic heterocycles. The topological polar surface area (TPSA) is 59.0 Å². The van der Waals surface area contributed by atoms with Gasteiger partial charge in [-0.1, -0.05) is 6.07 Å². The molecule has 0 radical (unpaired) electrons. The molecule has 2 aromatic rings. The third kappa shape index (κ3) is 2.64. The highest BCUT2D eigenvalue weighted by atomic mass is 16.2. The molecule has 5 heteroatoms. The molecule has 0 aliphatic carbocycles.